The Kier molecular flexibility index (Phi) is 8.32. The number of hydrogen-bond donors (Lipinski definition) is 1. The zero-order valence-electron chi connectivity index (χ0n) is 22.2. The molecule has 1 N–H and O–H groups in total. The van der Waals surface area contributed by atoms with E-state index in [1.165, 1.54) is 11.8 Å². The summed E-state index contributed by atoms with van der Waals surface area (Å²) in [5.74, 6) is 1.98. The van der Waals surface area contributed by atoms with Gasteiger partial charge in [0.25, 0.3) is 0 Å². The molecule has 0 aromatic heterocycles. The highest BCUT2D eigenvalue weighted by molar-refractivity contribution is 7.98. The molecule has 2 aliphatic carbocycles. The van der Waals surface area contributed by atoms with Gasteiger partial charge in [-0.3, -0.25) is 9.59 Å². The van der Waals surface area contributed by atoms with Crippen molar-refractivity contribution in [3.05, 3.63) is 69.4 Å². The number of fused-ring (bicyclic) bond motifs is 3. The van der Waals surface area contributed by atoms with Crippen molar-refractivity contribution in [2.24, 2.45) is 5.92 Å². The van der Waals surface area contributed by atoms with E-state index in [0.717, 1.165) is 52.7 Å². The van der Waals surface area contributed by atoms with Gasteiger partial charge in [-0.2, -0.15) is 0 Å². The first-order valence-electron chi connectivity index (χ1n) is 12.5. The number of nitrogens with one attached hydrogen (secondary N) is 1. The van der Waals surface area contributed by atoms with E-state index in [0.29, 0.717) is 40.9 Å². The van der Waals surface area contributed by atoms with Crippen LogP contribution in [0.3, 0.4) is 0 Å². The number of benzene rings is 1. The first-order chi connectivity index (χ1) is 17.8. The molecule has 6 nitrogen and oxygen atoms in total. The molecule has 0 saturated carbocycles. The van der Waals surface area contributed by atoms with Crippen LogP contribution in [0.4, 0.5) is 0 Å². The molecule has 0 aliphatic heterocycles. The second kappa shape index (κ2) is 11.5. The van der Waals surface area contributed by atoms with Crippen LogP contribution in [0.2, 0.25) is 0 Å². The minimum Gasteiger partial charge on any atom is -0.493 e. The van der Waals surface area contributed by atoms with Crippen LogP contribution in [-0.4, -0.2) is 33.5 Å². The Labute approximate surface area is 223 Å². The minimum absolute atomic E-state index is 0.0722. The molecule has 2 atom stereocenters. The Balaban J connectivity index is 1.83. The van der Waals surface area contributed by atoms with Gasteiger partial charge in [0.2, 0.25) is 11.7 Å². The van der Waals surface area contributed by atoms with Gasteiger partial charge in [0.1, 0.15) is 0 Å². The molecular weight excluding hydrogens is 486 g/mol. The molecule has 37 heavy (non-hydrogen) atoms. The van der Waals surface area contributed by atoms with Crippen molar-refractivity contribution in [3.8, 4) is 28.4 Å². The van der Waals surface area contributed by atoms with E-state index in [2.05, 4.69) is 11.9 Å². The van der Waals surface area contributed by atoms with Gasteiger partial charge in [0.05, 0.1) is 32.3 Å². The molecule has 1 amide bonds. The molecule has 2 aromatic rings. The standard InChI is InChI=1S/C30H35NO5S/c1-17(2)18-7-9-19(10-8-18)30(33)31-23-13-11-20-15-25(34-3)28(35-4)29(36-5)27(20)21-12-14-26(37-6)24(32)16-22(21)23/h9,12,14-16,18,23H,1,7-8,10-11,13H2,2-6H3,(H,31,33)/t18-,23+/m1/s1. The summed E-state index contributed by atoms with van der Waals surface area (Å²) in [5, 5.41) is 3.26. The fourth-order valence-electron chi connectivity index (χ4n) is 5.36. The largest absolute Gasteiger partial charge is 0.493 e. The first-order valence-corrected chi connectivity index (χ1v) is 13.7. The van der Waals surface area contributed by atoms with E-state index in [1.807, 2.05) is 37.5 Å². The molecule has 0 radical (unpaired) electrons. The van der Waals surface area contributed by atoms with Crippen molar-refractivity contribution < 1.29 is 19.0 Å². The van der Waals surface area contributed by atoms with Crippen LogP contribution in [0.5, 0.6) is 17.2 Å². The maximum atomic E-state index is 13.4. The van der Waals surface area contributed by atoms with Crippen LogP contribution in [0.1, 0.15) is 49.8 Å². The second-order valence-corrected chi connectivity index (χ2v) is 10.4. The monoisotopic (exact) mass is 521 g/mol. The molecule has 0 unspecified atom stereocenters. The van der Waals surface area contributed by atoms with Crippen LogP contribution in [0.15, 0.2) is 57.8 Å². The van der Waals surface area contributed by atoms with Crippen LogP contribution in [0.25, 0.3) is 11.1 Å². The zero-order valence-corrected chi connectivity index (χ0v) is 23.1. The summed E-state index contributed by atoms with van der Waals surface area (Å²) >= 11 is 1.41. The van der Waals surface area contributed by atoms with Gasteiger partial charge in [-0.1, -0.05) is 24.3 Å². The number of ether oxygens (including phenoxy) is 3. The third-order valence-corrected chi connectivity index (χ3v) is 8.20. The topological polar surface area (TPSA) is 73.9 Å². The number of rotatable bonds is 7. The number of carbonyl (C=O) groups excluding carboxylic acids is 1. The average molecular weight is 522 g/mol. The fourth-order valence-corrected chi connectivity index (χ4v) is 5.82. The van der Waals surface area contributed by atoms with E-state index in [-0.39, 0.29) is 17.4 Å². The van der Waals surface area contributed by atoms with Gasteiger partial charge in [0, 0.05) is 11.1 Å². The Bertz CT molecular complexity index is 1320. The normalized spacial score (nSPS) is 18.5. The second-order valence-electron chi connectivity index (χ2n) is 9.57. The third kappa shape index (κ3) is 5.28. The summed E-state index contributed by atoms with van der Waals surface area (Å²) in [5.41, 5.74) is 5.37. The maximum Gasteiger partial charge on any atom is 0.247 e. The predicted molar refractivity (Wildman–Crippen MR) is 149 cm³/mol. The van der Waals surface area contributed by atoms with Crippen molar-refractivity contribution in [3.63, 3.8) is 0 Å². The van der Waals surface area contributed by atoms with Crippen molar-refractivity contribution >= 4 is 17.7 Å². The van der Waals surface area contributed by atoms with E-state index < -0.39 is 0 Å². The third-order valence-electron chi connectivity index (χ3n) is 7.43. The first kappa shape index (κ1) is 26.9. The highest BCUT2D eigenvalue weighted by Gasteiger charge is 2.30. The Hall–Kier alpha value is -3.19. The molecule has 0 saturated heterocycles. The van der Waals surface area contributed by atoms with Crippen LogP contribution >= 0.6 is 11.8 Å². The van der Waals surface area contributed by atoms with E-state index in [4.69, 9.17) is 14.2 Å². The number of aryl methyl sites for hydroxylation is 1. The van der Waals surface area contributed by atoms with Crippen molar-refractivity contribution in [2.45, 2.75) is 50.0 Å². The number of allylic oxidation sites excluding steroid dienone is 2. The van der Waals surface area contributed by atoms with Gasteiger partial charge in [-0.25, -0.2) is 0 Å². The Morgan fingerprint density at radius 2 is 1.81 bits per heavy atom. The quantitative estimate of drug-likeness (QED) is 0.363. The van der Waals surface area contributed by atoms with Crippen LogP contribution in [0, 0.1) is 5.92 Å². The number of carbonyl (C=O) groups is 1. The highest BCUT2D eigenvalue weighted by Crippen LogP contribution is 2.50. The Morgan fingerprint density at radius 1 is 1.05 bits per heavy atom. The van der Waals surface area contributed by atoms with Crippen LogP contribution in [-0.2, 0) is 11.2 Å². The average Bonchev–Trinajstić information content (AvgIpc) is 3.15. The highest BCUT2D eigenvalue weighted by atomic mass is 32.2. The SMILES string of the molecule is C=C(C)[C@@H]1CC=C(C(=O)N[C@H]2CCc3cc(OC)c(OC)c(OC)c3-c3ccc(SC)c(=O)cc32)CC1. The molecule has 0 heterocycles. The van der Waals surface area contributed by atoms with Gasteiger partial charge >= 0.3 is 0 Å². The summed E-state index contributed by atoms with van der Waals surface area (Å²) in [4.78, 5) is 27.2. The Morgan fingerprint density at radius 3 is 2.41 bits per heavy atom. The summed E-state index contributed by atoms with van der Waals surface area (Å²) < 4.78 is 17.1. The molecule has 0 bridgehead atoms. The van der Waals surface area contributed by atoms with E-state index in [1.54, 1.807) is 27.4 Å². The number of hydrogen-bond acceptors (Lipinski definition) is 6. The molecule has 196 valence electrons. The van der Waals surface area contributed by atoms with Crippen molar-refractivity contribution in [1.82, 2.24) is 5.32 Å². The lowest BCUT2D eigenvalue weighted by Gasteiger charge is -2.24. The van der Waals surface area contributed by atoms with Gasteiger partial charge in [0.15, 0.2) is 16.9 Å². The lowest BCUT2D eigenvalue weighted by molar-refractivity contribution is -0.118. The summed E-state index contributed by atoms with van der Waals surface area (Å²) in [6.07, 6.45) is 7.70. The predicted octanol–water partition coefficient (Wildman–Crippen LogP) is 5.87. The van der Waals surface area contributed by atoms with Crippen molar-refractivity contribution in [1.29, 1.82) is 0 Å². The van der Waals surface area contributed by atoms with Crippen LogP contribution < -0.4 is 25.0 Å². The summed E-state index contributed by atoms with van der Waals surface area (Å²) in [6.45, 7) is 6.12. The number of amides is 1. The summed E-state index contributed by atoms with van der Waals surface area (Å²) in [6, 6.07) is 7.09. The minimum atomic E-state index is -0.342. The van der Waals surface area contributed by atoms with E-state index in [9.17, 15) is 9.59 Å². The molecular formula is C30H35NO5S. The number of thioether (sulfide) groups is 1. The molecule has 0 fully saturated rings. The van der Waals surface area contributed by atoms with Crippen molar-refractivity contribution in [2.75, 3.05) is 27.6 Å². The molecule has 2 aromatic carbocycles. The number of methoxy groups -OCH3 is 3. The van der Waals surface area contributed by atoms with Gasteiger partial charge < -0.3 is 19.5 Å². The lowest BCUT2D eigenvalue weighted by Crippen LogP contribution is -2.31. The smallest absolute Gasteiger partial charge is 0.247 e. The summed E-state index contributed by atoms with van der Waals surface area (Å²) in [7, 11) is 4.78. The molecule has 7 heteroatoms. The molecule has 2 aliphatic rings. The zero-order chi connectivity index (χ0) is 26.7. The van der Waals surface area contributed by atoms with Gasteiger partial charge in [-0.05, 0) is 86.1 Å². The molecule has 0 spiro atoms. The molecule has 4 rings (SSSR count). The van der Waals surface area contributed by atoms with E-state index >= 15 is 0 Å². The lowest BCUT2D eigenvalue weighted by atomic mass is 9.85. The fraction of sp³-hybridized carbons (Fsp3) is 0.400. The maximum absolute atomic E-state index is 13.4. The van der Waals surface area contributed by atoms with Gasteiger partial charge in [-0.15, -0.1) is 11.8 Å².